The van der Waals surface area contributed by atoms with Crippen LogP contribution in [0.15, 0.2) is 24.5 Å². The Hall–Kier alpha value is -2.68. The van der Waals surface area contributed by atoms with Gasteiger partial charge < -0.3 is 14.8 Å². The summed E-state index contributed by atoms with van der Waals surface area (Å²) in [7, 11) is 0. The topological polar surface area (TPSA) is 84.1 Å². The van der Waals surface area contributed by atoms with Crippen LogP contribution in [0.25, 0.3) is 22.4 Å². The van der Waals surface area contributed by atoms with Gasteiger partial charge in [-0.1, -0.05) is 0 Å². The molecule has 142 valence electrons. The lowest BCUT2D eigenvalue weighted by atomic mass is 9.77. The Morgan fingerprint density at radius 3 is 2.52 bits per heavy atom. The number of hydrogen-bond donors (Lipinski definition) is 2. The van der Waals surface area contributed by atoms with Crippen LogP contribution in [0, 0.1) is 6.92 Å². The fourth-order valence-corrected chi connectivity index (χ4v) is 3.59. The molecule has 1 fully saturated rings. The van der Waals surface area contributed by atoms with Gasteiger partial charge in [-0.15, -0.1) is 10.2 Å². The van der Waals surface area contributed by atoms with Crippen molar-refractivity contribution in [1.29, 1.82) is 0 Å². The molecule has 0 unspecified atom stereocenters. The molecule has 0 amide bonds. The minimum absolute atomic E-state index is 0.0732. The second-order valence-electron chi connectivity index (χ2n) is 7.29. The zero-order chi connectivity index (χ0) is 19.6. The van der Waals surface area contributed by atoms with E-state index in [0.717, 1.165) is 6.07 Å². The van der Waals surface area contributed by atoms with E-state index in [4.69, 9.17) is 0 Å². The maximum atomic E-state index is 12.8. The number of fused-ring (bicyclic) bond motifs is 1. The van der Waals surface area contributed by atoms with Gasteiger partial charge in [-0.2, -0.15) is 13.2 Å². The number of aromatic nitrogens is 4. The van der Waals surface area contributed by atoms with Crippen molar-refractivity contribution in [2.24, 2.45) is 0 Å². The van der Waals surface area contributed by atoms with Gasteiger partial charge in [-0.05, 0) is 44.9 Å². The van der Waals surface area contributed by atoms with Crippen molar-refractivity contribution in [2.45, 2.75) is 44.5 Å². The molecule has 1 aromatic carbocycles. The summed E-state index contributed by atoms with van der Waals surface area (Å²) in [4.78, 5) is 4.36. The molecular formula is C18H17F3N4O2. The third-order valence-electron chi connectivity index (χ3n) is 5.05. The number of nitrogens with zero attached hydrogens (tertiary/aromatic N) is 4. The number of halogens is 3. The van der Waals surface area contributed by atoms with Gasteiger partial charge in [0, 0.05) is 17.2 Å². The van der Waals surface area contributed by atoms with Crippen LogP contribution in [0.1, 0.15) is 36.9 Å². The van der Waals surface area contributed by atoms with Gasteiger partial charge in [0.05, 0.1) is 17.5 Å². The van der Waals surface area contributed by atoms with Gasteiger partial charge >= 0.3 is 6.18 Å². The van der Waals surface area contributed by atoms with Crippen molar-refractivity contribution in [3.63, 3.8) is 0 Å². The fraction of sp³-hybridized carbons (Fsp3) is 0.389. The first-order valence-corrected chi connectivity index (χ1v) is 8.39. The zero-order valence-corrected chi connectivity index (χ0v) is 14.6. The van der Waals surface area contributed by atoms with E-state index in [1.165, 1.54) is 6.07 Å². The summed E-state index contributed by atoms with van der Waals surface area (Å²) in [6.07, 6.45) is -1.74. The van der Waals surface area contributed by atoms with Gasteiger partial charge in [0.15, 0.2) is 5.65 Å². The number of hydrogen-bond acceptors (Lipinski definition) is 5. The van der Waals surface area contributed by atoms with Crippen LogP contribution in [0.4, 0.5) is 13.2 Å². The Kier molecular flexibility index (Phi) is 3.71. The highest BCUT2D eigenvalue weighted by molar-refractivity contribution is 5.83. The van der Waals surface area contributed by atoms with Crippen LogP contribution >= 0.6 is 0 Å². The summed E-state index contributed by atoms with van der Waals surface area (Å²) in [5, 5.41) is 28.3. The van der Waals surface area contributed by atoms with Crippen LogP contribution in [0.3, 0.4) is 0 Å². The predicted molar refractivity (Wildman–Crippen MR) is 91.1 cm³/mol. The lowest BCUT2D eigenvalue weighted by Crippen LogP contribution is -2.41. The molecule has 2 aromatic heterocycles. The molecule has 0 spiro atoms. The third kappa shape index (κ3) is 2.91. The van der Waals surface area contributed by atoms with Crippen LogP contribution < -0.4 is 0 Å². The first-order chi connectivity index (χ1) is 12.6. The molecule has 0 aliphatic heterocycles. The SMILES string of the molecule is Cc1c(-c2ccc(C(F)(F)F)cc2O)nnc2c1ncn2C1CC(C)(O)C1. The Morgan fingerprint density at radius 1 is 1.22 bits per heavy atom. The Morgan fingerprint density at radius 2 is 1.93 bits per heavy atom. The summed E-state index contributed by atoms with van der Waals surface area (Å²) in [5.74, 6) is -0.518. The molecule has 3 aromatic rings. The molecule has 27 heavy (non-hydrogen) atoms. The predicted octanol–water partition coefficient (Wildman–Crippen LogP) is 3.61. The monoisotopic (exact) mass is 378 g/mol. The zero-order valence-electron chi connectivity index (χ0n) is 14.6. The summed E-state index contributed by atoms with van der Waals surface area (Å²) in [5.41, 5.74) is 0.525. The molecule has 2 heterocycles. The lowest BCUT2D eigenvalue weighted by molar-refractivity contribution is -0.137. The largest absolute Gasteiger partial charge is 0.507 e. The van der Waals surface area contributed by atoms with Crippen molar-refractivity contribution in [1.82, 2.24) is 19.7 Å². The van der Waals surface area contributed by atoms with Crippen molar-refractivity contribution in [2.75, 3.05) is 0 Å². The van der Waals surface area contributed by atoms with Gasteiger partial charge in [-0.3, -0.25) is 0 Å². The highest BCUT2D eigenvalue weighted by Gasteiger charge is 2.40. The van der Waals surface area contributed by atoms with E-state index in [0.29, 0.717) is 35.6 Å². The van der Waals surface area contributed by atoms with E-state index in [9.17, 15) is 23.4 Å². The Bertz CT molecular complexity index is 1030. The number of alkyl halides is 3. The normalized spacial score (nSPS) is 22.8. The van der Waals surface area contributed by atoms with Crippen LogP contribution in [-0.4, -0.2) is 35.6 Å². The summed E-state index contributed by atoms with van der Waals surface area (Å²) in [6, 6.07) is 2.83. The highest BCUT2D eigenvalue weighted by atomic mass is 19.4. The second kappa shape index (κ2) is 5.66. The minimum atomic E-state index is -4.54. The molecule has 0 saturated heterocycles. The number of aryl methyl sites for hydroxylation is 1. The van der Waals surface area contributed by atoms with E-state index < -0.39 is 23.1 Å². The lowest BCUT2D eigenvalue weighted by Gasteiger charge is -2.41. The second-order valence-corrected chi connectivity index (χ2v) is 7.29. The van der Waals surface area contributed by atoms with Crippen LogP contribution in [0.2, 0.25) is 0 Å². The average molecular weight is 378 g/mol. The van der Waals surface area contributed by atoms with E-state index >= 15 is 0 Å². The molecule has 1 aliphatic rings. The molecule has 0 radical (unpaired) electrons. The van der Waals surface area contributed by atoms with E-state index in [-0.39, 0.29) is 17.3 Å². The van der Waals surface area contributed by atoms with Crippen molar-refractivity contribution in [3.05, 3.63) is 35.7 Å². The van der Waals surface area contributed by atoms with Crippen molar-refractivity contribution in [3.8, 4) is 17.0 Å². The average Bonchev–Trinajstić information content (AvgIpc) is 2.97. The molecule has 0 bridgehead atoms. The highest BCUT2D eigenvalue weighted by Crippen LogP contribution is 2.42. The molecule has 6 nitrogen and oxygen atoms in total. The fourth-order valence-electron chi connectivity index (χ4n) is 3.59. The number of rotatable bonds is 2. The molecule has 4 rings (SSSR count). The van der Waals surface area contributed by atoms with E-state index in [1.54, 1.807) is 20.2 Å². The van der Waals surface area contributed by atoms with Crippen molar-refractivity contribution < 1.29 is 23.4 Å². The van der Waals surface area contributed by atoms with Crippen LogP contribution in [0.5, 0.6) is 5.75 Å². The van der Waals surface area contributed by atoms with Crippen molar-refractivity contribution >= 4 is 11.2 Å². The third-order valence-corrected chi connectivity index (χ3v) is 5.05. The number of aliphatic hydroxyl groups is 1. The molecule has 1 saturated carbocycles. The smallest absolute Gasteiger partial charge is 0.416 e. The summed E-state index contributed by atoms with van der Waals surface area (Å²) < 4.78 is 40.2. The number of phenolic OH excluding ortho intramolecular Hbond substituents is 1. The molecule has 0 atom stereocenters. The van der Waals surface area contributed by atoms with Gasteiger partial charge in [-0.25, -0.2) is 4.98 Å². The molecular weight excluding hydrogens is 361 g/mol. The van der Waals surface area contributed by atoms with E-state index in [1.807, 2.05) is 4.57 Å². The number of aromatic hydroxyl groups is 1. The summed E-state index contributed by atoms with van der Waals surface area (Å²) >= 11 is 0. The first kappa shape index (κ1) is 17.7. The standard InChI is InChI=1S/C18H17F3N4O2/c1-9-14(12-4-3-10(5-13(12)26)18(19,20)21)23-24-16-15(9)22-8-25(16)11-6-17(2,27)7-11/h3-5,8,11,26-27H,6-7H2,1-2H3. The van der Waals surface area contributed by atoms with E-state index in [2.05, 4.69) is 15.2 Å². The number of benzene rings is 1. The van der Waals surface area contributed by atoms with Gasteiger partial charge in [0.25, 0.3) is 0 Å². The molecule has 1 aliphatic carbocycles. The maximum absolute atomic E-state index is 12.8. The Labute approximate surface area is 152 Å². The molecule has 2 N–H and O–H groups in total. The number of imidazole rings is 1. The number of phenols is 1. The Balaban J connectivity index is 1.75. The van der Waals surface area contributed by atoms with Gasteiger partial charge in [0.2, 0.25) is 0 Å². The quantitative estimate of drug-likeness (QED) is 0.712. The van der Waals surface area contributed by atoms with Crippen LogP contribution in [-0.2, 0) is 6.18 Å². The maximum Gasteiger partial charge on any atom is 0.416 e. The molecule has 9 heteroatoms. The van der Waals surface area contributed by atoms with Gasteiger partial charge in [0.1, 0.15) is 17.0 Å². The first-order valence-electron chi connectivity index (χ1n) is 8.39. The minimum Gasteiger partial charge on any atom is -0.507 e. The summed E-state index contributed by atoms with van der Waals surface area (Å²) in [6.45, 7) is 3.50.